The highest BCUT2D eigenvalue weighted by Gasteiger charge is 2.13. The second-order valence-electron chi connectivity index (χ2n) is 3.56. The molecular weight excluding hydrogens is 251 g/mol. The maximum Gasteiger partial charge on any atom is 0.321 e. The van der Waals surface area contributed by atoms with Crippen molar-refractivity contribution in [2.75, 3.05) is 26.6 Å². The van der Waals surface area contributed by atoms with E-state index in [4.69, 9.17) is 9.47 Å². The molecular formula is C12H13FN4O2. The summed E-state index contributed by atoms with van der Waals surface area (Å²) in [5.41, 5.74) is 0.430. The highest BCUT2D eigenvalue weighted by molar-refractivity contribution is 5.65. The number of benzene rings is 1. The summed E-state index contributed by atoms with van der Waals surface area (Å²) < 4.78 is 23.5. The Kier molecular flexibility index (Phi) is 3.74. The molecule has 0 spiro atoms. The molecule has 0 unspecified atom stereocenters. The van der Waals surface area contributed by atoms with E-state index in [1.807, 2.05) is 0 Å². The van der Waals surface area contributed by atoms with Crippen molar-refractivity contribution in [3.8, 4) is 23.1 Å². The first kappa shape index (κ1) is 13.0. The van der Waals surface area contributed by atoms with Crippen LogP contribution in [0.25, 0.3) is 11.4 Å². The average molecular weight is 264 g/mol. The van der Waals surface area contributed by atoms with E-state index >= 15 is 0 Å². The lowest BCUT2D eigenvalue weighted by atomic mass is 10.2. The third-order valence-corrected chi connectivity index (χ3v) is 2.42. The predicted molar refractivity (Wildman–Crippen MR) is 67.9 cm³/mol. The fraction of sp³-hybridized carbons (Fsp3) is 0.250. The Morgan fingerprint density at radius 1 is 1.11 bits per heavy atom. The molecule has 0 radical (unpaired) electrons. The van der Waals surface area contributed by atoms with E-state index in [0.29, 0.717) is 17.3 Å². The zero-order valence-corrected chi connectivity index (χ0v) is 10.8. The van der Waals surface area contributed by atoms with E-state index in [0.717, 1.165) is 0 Å². The first-order valence-electron chi connectivity index (χ1n) is 5.49. The van der Waals surface area contributed by atoms with E-state index in [2.05, 4.69) is 20.3 Å². The second kappa shape index (κ2) is 5.47. The summed E-state index contributed by atoms with van der Waals surface area (Å²) in [6.45, 7) is 0. The van der Waals surface area contributed by atoms with Crippen molar-refractivity contribution in [1.29, 1.82) is 0 Å². The largest absolute Gasteiger partial charge is 0.496 e. The summed E-state index contributed by atoms with van der Waals surface area (Å²) in [6.07, 6.45) is 0. The first-order valence-corrected chi connectivity index (χ1v) is 5.49. The first-order chi connectivity index (χ1) is 9.17. The molecule has 0 aliphatic carbocycles. The minimum absolute atomic E-state index is 0.140. The van der Waals surface area contributed by atoms with Gasteiger partial charge in [-0.15, -0.1) is 0 Å². The molecule has 0 amide bonds. The Balaban J connectivity index is 2.60. The Hall–Kier alpha value is -2.44. The Morgan fingerprint density at radius 3 is 2.53 bits per heavy atom. The number of hydrogen-bond acceptors (Lipinski definition) is 6. The van der Waals surface area contributed by atoms with Gasteiger partial charge in [-0.25, -0.2) is 4.39 Å². The van der Waals surface area contributed by atoms with Crippen molar-refractivity contribution in [1.82, 2.24) is 15.0 Å². The van der Waals surface area contributed by atoms with E-state index in [-0.39, 0.29) is 11.8 Å². The molecule has 0 saturated carbocycles. The highest BCUT2D eigenvalue weighted by Crippen LogP contribution is 2.29. The van der Waals surface area contributed by atoms with Gasteiger partial charge < -0.3 is 14.8 Å². The summed E-state index contributed by atoms with van der Waals surface area (Å²) in [4.78, 5) is 12.2. The van der Waals surface area contributed by atoms with E-state index < -0.39 is 5.82 Å². The fourth-order valence-electron chi connectivity index (χ4n) is 1.53. The number of halogens is 1. The van der Waals surface area contributed by atoms with E-state index in [9.17, 15) is 4.39 Å². The van der Waals surface area contributed by atoms with Gasteiger partial charge in [0.25, 0.3) is 0 Å². The Bertz CT molecular complexity index is 570. The Labute approximate surface area is 109 Å². The fourth-order valence-corrected chi connectivity index (χ4v) is 1.53. The van der Waals surface area contributed by atoms with Crippen LogP contribution in [0.4, 0.5) is 10.3 Å². The summed E-state index contributed by atoms with van der Waals surface area (Å²) >= 11 is 0. The summed E-state index contributed by atoms with van der Waals surface area (Å²) in [7, 11) is 4.61. The van der Waals surface area contributed by atoms with Crippen LogP contribution in [-0.4, -0.2) is 36.2 Å². The third-order valence-electron chi connectivity index (χ3n) is 2.42. The van der Waals surface area contributed by atoms with Gasteiger partial charge in [-0.3, -0.25) is 0 Å². The van der Waals surface area contributed by atoms with Crippen molar-refractivity contribution in [2.24, 2.45) is 0 Å². The molecule has 0 atom stereocenters. The minimum atomic E-state index is -0.402. The molecule has 0 aliphatic rings. The van der Waals surface area contributed by atoms with Gasteiger partial charge in [-0.2, -0.15) is 15.0 Å². The van der Waals surface area contributed by atoms with Crippen molar-refractivity contribution < 1.29 is 13.9 Å². The molecule has 1 heterocycles. The third kappa shape index (κ3) is 2.70. The lowest BCUT2D eigenvalue weighted by molar-refractivity contribution is 0.379. The summed E-state index contributed by atoms with van der Waals surface area (Å²) in [6, 6.07) is 4.26. The van der Waals surface area contributed by atoms with Crippen molar-refractivity contribution in [3.05, 3.63) is 24.0 Å². The van der Waals surface area contributed by atoms with Crippen LogP contribution < -0.4 is 14.8 Å². The SMILES string of the molecule is CNc1nc(OC)nc(-c2cc(F)ccc2OC)n1. The lowest BCUT2D eigenvalue weighted by Gasteiger charge is -2.09. The van der Waals surface area contributed by atoms with Crippen LogP contribution in [0.3, 0.4) is 0 Å². The monoisotopic (exact) mass is 264 g/mol. The normalized spacial score (nSPS) is 10.1. The molecule has 100 valence electrons. The quantitative estimate of drug-likeness (QED) is 0.907. The predicted octanol–water partition coefficient (Wildman–Crippen LogP) is 1.74. The number of nitrogens with one attached hydrogen (secondary N) is 1. The molecule has 2 aromatic rings. The van der Waals surface area contributed by atoms with Gasteiger partial charge in [0.1, 0.15) is 11.6 Å². The van der Waals surface area contributed by atoms with E-state index in [1.54, 1.807) is 7.05 Å². The van der Waals surface area contributed by atoms with Crippen molar-refractivity contribution in [3.63, 3.8) is 0 Å². The van der Waals surface area contributed by atoms with Gasteiger partial charge in [0.05, 0.1) is 19.8 Å². The molecule has 6 nitrogen and oxygen atoms in total. The van der Waals surface area contributed by atoms with Gasteiger partial charge in [-0.05, 0) is 18.2 Å². The Morgan fingerprint density at radius 2 is 1.89 bits per heavy atom. The van der Waals surface area contributed by atoms with Crippen LogP contribution in [0.15, 0.2) is 18.2 Å². The lowest BCUT2D eigenvalue weighted by Crippen LogP contribution is -2.04. The van der Waals surface area contributed by atoms with Crippen LogP contribution in [0.1, 0.15) is 0 Å². The van der Waals surface area contributed by atoms with Crippen LogP contribution in [-0.2, 0) is 0 Å². The van der Waals surface area contributed by atoms with Crippen LogP contribution in [0.5, 0.6) is 11.8 Å². The molecule has 0 bridgehead atoms. The topological polar surface area (TPSA) is 69.2 Å². The molecule has 2 rings (SSSR count). The number of hydrogen-bond donors (Lipinski definition) is 1. The number of methoxy groups -OCH3 is 2. The highest BCUT2D eigenvalue weighted by atomic mass is 19.1. The van der Waals surface area contributed by atoms with Gasteiger partial charge >= 0.3 is 6.01 Å². The number of rotatable bonds is 4. The number of anilines is 1. The van der Waals surface area contributed by atoms with Crippen molar-refractivity contribution >= 4 is 5.95 Å². The zero-order chi connectivity index (χ0) is 13.8. The molecule has 0 fully saturated rings. The molecule has 0 aliphatic heterocycles. The molecule has 19 heavy (non-hydrogen) atoms. The molecule has 1 aromatic carbocycles. The van der Waals surface area contributed by atoms with Gasteiger partial charge in [-0.1, -0.05) is 0 Å². The maximum absolute atomic E-state index is 13.4. The molecule has 1 aromatic heterocycles. The number of ether oxygens (including phenoxy) is 2. The maximum atomic E-state index is 13.4. The van der Waals surface area contributed by atoms with Gasteiger partial charge in [0, 0.05) is 7.05 Å². The standard InChI is InChI=1S/C12H13FN4O2/c1-14-11-15-10(16-12(17-11)19-3)8-6-7(13)4-5-9(8)18-2/h4-6H,1-3H3,(H,14,15,16,17). The summed E-state index contributed by atoms with van der Waals surface area (Å²) in [5, 5.41) is 2.79. The van der Waals surface area contributed by atoms with Gasteiger partial charge in [0.2, 0.25) is 5.95 Å². The molecule has 0 saturated heterocycles. The average Bonchev–Trinajstić information content (AvgIpc) is 2.46. The molecule has 7 heteroatoms. The van der Waals surface area contributed by atoms with Crippen LogP contribution in [0.2, 0.25) is 0 Å². The van der Waals surface area contributed by atoms with Crippen LogP contribution >= 0.6 is 0 Å². The smallest absolute Gasteiger partial charge is 0.321 e. The summed E-state index contributed by atoms with van der Waals surface area (Å²) in [5.74, 6) is 0.665. The van der Waals surface area contributed by atoms with Crippen molar-refractivity contribution in [2.45, 2.75) is 0 Å². The number of aromatic nitrogens is 3. The zero-order valence-electron chi connectivity index (χ0n) is 10.8. The molecule has 1 N–H and O–H groups in total. The number of nitrogens with zero attached hydrogens (tertiary/aromatic N) is 3. The second-order valence-corrected chi connectivity index (χ2v) is 3.56. The van der Waals surface area contributed by atoms with E-state index in [1.165, 1.54) is 32.4 Å². The van der Waals surface area contributed by atoms with Gasteiger partial charge in [0.15, 0.2) is 5.82 Å². The minimum Gasteiger partial charge on any atom is -0.496 e. The van der Waals surface area contributed by atoms with Crippen LogP contribution in [0, 0.1) is 5.82 Å².